The second-order valence-electron chi connectivity index (χ2n) is 5.85. The average molecular weight is 336 g/mol. The maximum atomic E-state index is 12.1. The van der Waals surface area contributed by atoms with Crippen LogP contribution < -0.4 is 10.1 Å². The van der Waals surface area contributed by atoms with Crippen molar-refractivity contribution in [2.45, 2.75) is 20.8 Å². The van der Waals surface area contributed by atoms with E-state index >= 15 is 0 Å². The van der Waals surface area contributed by atoms with Crippen LogP contribution in [0.25, 0.3) is 5.65 Å². The van der Waals surface area contributed by atoms with Crippen molar-refractivity contribution in [2.24, 2.45) is 11.8 Å². The van der Waals surface area contributed by atoms with Crippen molar-refractivity contribution in [3.63, 3.8) is 0 Å². The highest BCUT2D eigenvalue weighted by atomic mass is 16.5. The molecule has 0 fully saturated rings. The Hall–Kier alpha value is -2.84. The lowest BCUT2D eigenvalue weighted by Crippen LogP contribution is -2.29. The molecule has 0 saturated heterocycles. The number of aliphatic carboxylic acids is 1. The van der Waals surface area contributed by atoms with Gasteiger partial charge in [0.25, 0.3) is 5.91 Å². The molecule has 0 radical (unpaired) electrons. The Labute approximate surface area is 138 Å². The molecular weight excluding hydrogens is 316 g/mol. The highest BCUT2D eigenvalue weighted by Crippen LogP contribution is 2.27. The van der Waals surface area contributed by atoms with Gasteiger partial charge in [0.05, 0.1) is 6.61 Å². The summed E-state index contributed by atoms with van der Waals surface area (Å²) in [6.07, 6.45) is 1.22. The lowest BCUT2D eigenvalue weighted by Gasteiger charge is -2.17. The van der Waals surface area contributed by atoms with Crippen molar-refractivity contribution in [1.82, 2.24) is 19.9 Å². The Kier molecular flexibility index (Phi) is 5.22. The average Bonchev–Trinajstić information content (AvgIpc) is 2.98. The van der Waals surface area contributed by atoms with Crippen molar-refractivity contribution < 1.29 is 24.5 Å². The lowest BCUT2D eigenvalue weighted by molar-refractivity contribution is -0.135. The number of carboxylic acids is 1. The minimum Gasteiger partial charge on any atom is -0.507 e. The molecule has 2 rings (SSSR count). The summed E-state index contributed by atoms with van der Waals surface area (Å²) in [6, 6.07) is 1.27. The summed E-state index contributed by atoms with van der Waals surface area (Å²) < 4.78 is 6.98. The van der Waals surface area contributed by atoms with Crippen LogP contribution in [0.4, 0.5) is 0 Å². The van der Waals surface area contributed by atoms with Gasteiger partial charge in [-0.2, -0.15) is 9.61 Å². The van der Waals surface area contributed by atoms with Crippen LogP contribution in [0.1, 0.15) is 31.1 Å². The molecular formula is C15H20N4O5. The smallest absolute Gasteiger partial charge is 0.322 e. The molecule has 0 aromatic carbocycles. The molecule has 0 aliphatic rings. The second kappa shape index (κ2) is 7.16. The van der Waals surface area contributed by atoms with E-state index in [4.69, 9.17) is 9.84 Å². The number of pyridine rings is 1. The number of nitrogens with one attached hydrogen (secondary N) is 1. The number of rotatable bonds is 7. The number of hydrogen-bond acceptors (Lipinski definition) is 6. The molecule has 130 valence electrons. The number of ether oxygens (including phenoxy) is 1. The number of aromatic nitrogens is 3. The van der Waals surface area contributed by atoms with E-state index in [0.29, 0.717) is 12.5 Å². The maximum absolute atomic E-state index is 12.1. The van der Waals surface area contributed by atoms with E-state index in [9.17, 15) is 14.7 Å². The van der Waals surface area contributed by atoms with Crippen LogP contribution in [0.5, 0.6) is 11.6 Å². The molecule has 0 aliphatic carbocycles. The molecule has 0 bridgehead atoms. The zero-order valence-electron chi connectivity index (χ0n) is 13.7. The Morgan fingerprint density at radius 1 is 1.38 bits per heavy atom. The van der Waals surface area contributed by atoms with Crippen molar-refractivity contribution in [1.29, 1.82) is 0 Å². The molecule has 24 heavy (non-hydrogen) atoms. The molecule has 2 heterocycles. The third-order valence-electron chi connectivity index (χ3n) is 3.76. The van der Waals surface area contributed by atoms with Crippen LogP contribution in [-0.2, 0) is 4.79 Å². The summed E-state index contributed by atoms with van der Waals surface area (Å²) >= 11 is 0. The van der Waals surface area contributed by atoms with E-state index in [-0.39, 0.29) is 28.8 Å². The SMILES string of the molecule is CC(C)C(C)COc1cc(O)c(C(=O)NCC(=O)O)c2ncnn12. The van der Waals surface area contributed by atoms with E-state index in [0.717, 1.165) is 0 Å². The molecule has 0 saturated carbocycles. The molecule has 0 aliphatic heterocycles. The zero-order chi connectivity index (χ0) is 17.9. The van der Waals surface area contributed by atoms with Gasteiger partial charge in [-0.25, -0.2) is 4.98 Å². The maximum Gasteiger partial charge on any atom is 0.322 e. The van der Waals surface area contributed by atoms with Crippen molar-refractivity contribution >= 4 is 17.5 Å². The number of carbonyl (C=O) groups excluding carboxylic acids is 1. The summed E-state index contributed by atoms with van der Waals surface area (Å²) in [5.74, 6) is -1.35. The molecule has 1 atom stereocenters. The van der Waals surface area contributed by atoms with Crippen LogP contribution in [-0.4, -0.2) is 49.8 Å². The Morgan fingerprint density at radius 2 is 2.08 bits per heavy atom. The van der Waals surface area contributed by atoms with Gasteiger partial charge in [-0.05, 0) is 11.8 Å². The van der Waals surface area contributed by atoms with Gasteiger partial charge >= 0.3 is 5.97 Å². The number of hydrogen-bond donors (Lipinski definition) is 3. The van der Waals surface area contributed by atoms with Crippen molar-refractivity contribution in [3.8, 4) is 11.6 Å². The van der Waals surface area contributed by atoms with E-state index in [1.54, 1.807) is 0 Å². The van der Waals surface area contributed by atoms with Gasteiger partial charge < -0.3 is 20.3 Å². The fourth-order valence-corrected chi connectivity index (χ4v) is 1.91. The number of fused-ring (bicyclic) bond motifs is 1. The minimum atomic E-state index is -1.19. The van der Waals surface area contributed by atoms with Crippen LogP contribution in [0.2, 0.25) is 0 Å². The molecule has 0 spiro atoms. The number of carbonyl (C=O) groups is 2. The third kappa shape index (κ3) is 3.73. The zero-order valence-corrected chi connectivity index (χ0v) is 13.7. The van der Waals surface area contributed by atoms with Crippen LogP contribution in [0.3, 0.4) is 0 Å². The van der Waals surface area contributed by atoms with E-state index in [1.165, 1.54) is 16.9 Å². The number of amides is 1. The minimum absolute atomic E-state index is 0.0880. The number of aromatic hydroxyl groups is 1. The number of nitrogens with zero attached hydrogens (tertiary/aromatic N) is 3. The first-order valence-electron chi connectivity index (χ1n) is 7.49. The van der Waals surface area contributed by atoms with Gasteiger partial charge in [-0.1, -0.05) is 20.8 Å². The topological polar surface area (TPSA) is 126 Å². The van der Waals surface area contributed by atoms with Crippen LogP contribution >= 0.6 is 0 Å². The second-order valence-corrected chi connectivity index (χ2v) is 5.85. The predicted molar refractivity (Wildman–Crippen MR) is 84.1 cm³/mol. The first kappa shape index (κ1) is 17.5. The predicted octanol–water partition coefficient (Wildman–Crippen LogP) is 0.920. The highest BCUT2D eigenvalue weighted by Gasteiger charge is 2.22. The molecule has 3 N–H and O–H groups in total. The summed E-state index contributed by atoms with van der Waals surface area (Å²) in [5.41, 5.74) is -0.0666. The molecule has 9 nitrogen and oxygen atoms in total. The normalized spacial score (nSPS) is 12.3. The van der Waals surface area contributed by atoms with Crippen molar-refractivity contribution in [3.05, 3.63) is 18.0 Å². The molecule has 1 amide bonds. The standard InChI is InChI=1S/C15H20N4O5/c1-8(2)9(3)6-24-11-4-10(20)13(14-17-7-18-19(11)14)15(23)16-5-12(21)22/h4,7-9,20H,5-6H2,1-3H3,(H,16,23)(H,21,22). The van der Waals surface area contributed by atoms with Gasteiger partial charge in [0.15, 0.2) is 5.65 Å². The van der Waals surface area contributed by atoms with Crippen molar-refractivity contribution in [2.75, 3.05) is 13.2 Å². The summed E-state index contributed by atoms with van der Waals surface area (Å²) in [6.45, 7) is 6.04. The quantitative estimate of drug-likeness (QED) is 0.686. The van der Waals surface area contributed by atoms with E-state index in [2.05, 4.69) is 29.2 Å². The van der Waals surface area contributed by atoms with Crippen LogP contribution in [0, 0.1) is 11.8 Å². The fourth-order valence-electron chi connectivity index (χ4n) is 1.91. The Bertz CT molecular complexity index is 756. The largest absolute Gasteiger partial charge is 0.507 e. The van der Waals surface area contributed by atoms with Gasteiger partial charge in [0.2, 0.25) is 5.88 Å². The molecule has 9 heteroatoms. The van der Waals surface area contributed by atoms with Gasteiger partial charge in [-0.3, -0.25) is 9.59 Å². The Morgan fingerprint density at radius 3 is 2.71 bits per heavy atom. The van der Waals surface area contributed by atoms with E-state index in [1.807, 2.05) is 6.92 Å². The number of carboxylic acid groups (broad SMARTS) is 1. The summed E-state index contributed by atoms with van der Waals surface area (Å²) in [4.78, 5) is 26.6. The first-order valence-corrected chi connectivity index (χ1v) is 7.49. The molecule has 1 unspecified atom stereocenters. The Balaban J connectivity index is 2.31. The van der Waals surface area contributed by atoms with Gasteiger partial charge in [0.1, 0.15) is 24.2 Å². The monoisotopic (exact) mass is 336 g/mol. The van der Waals surface area contributed by atoms with Crippen LogP contribution in [0.15, 0.2) is 12.4 Å². The molecule has 2 aromatic heterocycles. The van der Waals surface area contributed by atoms with Gasteiger partial charge in [-0.15, -0.1) is 0 Å². The summed E-state index contributed by atoms with van der Waals surface area (Å²) in [7, 11) is 0. The fraction of sp³-hybridized carbons (Fsp3) is 0.467. The lowest BCUT2D eigenvalue weighted by atomic mass is 9.99. The molecule has 2 aromatic rings. The summed E-state index contributed by atoms with van der Waals surface area (Å²) in [5, 5.41) is 25.0. The first-order chi connectivity index (χ1) is 11.3. The third-order valence-corrected chi connectivity index (χ3v) is 3.76. The highest BCUT2D eigenvalue weighted by molar-refractivity contribution is 6.03. The van der Waals surface area contributed by atoms with Gasteiger partial charge in [0, 0.05) is 6.07 Å². The van der Waals surface area contributed by atoms with E-state index < -0.39 is 18.4 Å².